The highest BCUT2D eigenvalue weighted by Gasteiger charge is 2.47. The molecule has 2 amide bonds. The van der Waals surface area contributed by atoms with E-state index in [2.05, 4.69) is 11.4 Å². The number of fused-ring (bicyclic) bond motifs is 2. The second-order valence-electron chi connectivity index (χ2n) is 5.78. The van der Waals surface area contributed by atoms with E-state index >= 15 is 0 Å². The SMILES string of the molecule is N#CC1C2CCCC2=C(NC(N)=O)C2CCCC21. The van der Waals surface area contributed by atoms with Gasteiger partial charge in [0.2, 0.25) is 0 Å². The standard InChI is InChI=1S/C14H19N3O/c15-7-12-8-3-1-5-10(8)13(17-14(16)18)11-6-2-4-9(11)12/h8-10,12H,1-6H2,(H3,16,17,18). The molecule has 0 aliphatic heterocycles. The zero-order chi connectivity index (χ0) is 12.7. The molecule has 3 aliphatic carbocycles. The third-order valence-electron chi connectivity index (χ3n) is 5.00. The molecule has 2 saturated carbocycles. The van der Waals surface area contributed by atoms with Crippen LogP contribution < -0.4 is 11.1 Å². The molecule has 4 unspecified atom stereocenters. The number of nitriles is 1. The maximum atomic E-state index is 11.2. The Morgan fingerprint density at radius 2 is 2.06 bits per heavy atom. The summed E-state index contributed by atoms with van der Waals surface area (Å²) in [5.41, 5.74) is 7.71. The van der Waals surface area contributed by atoms with Crippen LogP contribution in [0.2, 0.25) is 0 Å². The van der Waals surface area contributed by atoms with Gasteiger partial charge in [-0.05, 0) is 49.5 Å². The number of nitrogens with one attached hydrogen (secondary N) is 1. The Morgan fingerprint density at radius 1 is 1.28 bits per heavy atom. The lowest BCUT2D eigenvalue weighted by atomic mass is 9.68. The van der Waals surface area contributed by atoms with E-state index in [1.807, 2.05) is 0 Å². The molecular weight excluding hydrogens is 226 g/mol. The largest absolute Gasteiger partial charge is 0.351 e. The molecule has 0 aromatic rings. The number of primary amides is 1. The topological polar surface area (TPSA) is 78.9 Å². The number of hydrogen-bond donors (Lipinski definition) is 2. The molecule has 0 aromatic carbocycles. The van der Waals surface area contributed by atoms with Gasteiger partial charge in [-0.1, -0.05) is 6.42 Å². The third kappa shape index (κ3) is 1.61. The zero-order valence-electron chi connectivity index (χ0n) is 10.5. The summed E-state index contributed by atoms with van der Waals surface area (Å²) in [7, 11) is 0. The summed E-state index contributed by atoms with van der Waals surface area (Å²) < 4.78 is 0. The molecule has 0 aromatic heterocycles. The summed E-state index contributed by atoms with van der Waals surface area (Å²) in [5.74, 6) is 1.33. The molecular formula is C14H19N3O. The minimum Gasteiger partial charge on any atom is -0.351 e. The Morgan fingerprint density at radius 3 is 2.78 bits per heavy atom. The normalized spacial score (nSPS) is 37.9. The number of rotatable bonds is 1. The van der Waals surface area contributed by atoms with Crippen LogP contribution in [-0.2, 0) is 0 Å². The predicted octanol–water partition coefficient (Wildman–Crippen LogP) is 2.28. The second-order valence-corrected chi connectivity index (χ2v) is 5.78. The fourth-order valence-electron chi connectivity index (χ4n) is 4.41. The number of hydrogen-bond acceptors (Lipinski definition) is 2. The lowest BCUT2D eigenvalue weighted by Gasteiger charge is -2.37. The first-order valence-corrected chi connectivity index (χ1v) is 6.91. The third-order valence-corrected chi connectivity index (χ3v) is 5.00. The van der Waals surface area contributed by atoms with E-state index in [1.165, 1.54) is 5.57 Å². The Kier molecular flexibility index (Phi) is 2.77. The number of allylic oxidation sites excluding steroid dienone is 2. The van der Waals surface area contributed by atoms with Gasteiger partial charge in [-0.25, -0.2) is 4.79 Å². The minimum absolute atomic E-state index is 0.161. The summed E-state index contributed by atoms with van der Waals surface area (Å²) in [6.45, 7) is 0. The molecule has 0 radical (unpaired) electrons. The lowest BCUT2D eigenvalue weighted by Crippen LogP contribution is -2.40. The Labute approximate surface area is 107 Å². The van der Waals surface area contributed by atoms with Gasteiger partial charge in [0.15, 0.2) is 0 Å². The minimum atomic E-state index is -0.454. The van der Waals surface area contributed by atoms with Crippen molar-refractivity contribution in [2.45, 2.75) is 38.5 Å². The van der Waals surface area contributed by atoms with Crippen molar-refractivity contribution in [3.8, 4) is 6.07 Å². The summed E-state index contributed by atoms with van der Waals surface area (Å²) in [6, 6.07) is 2.09. The van der Waals surface area contributed by atoms with E-state index in [9.17, 15) is 10.1 Å². The Bertz CT molecular complexity index is 448. The van der Waals surface area contributed by atoms with Crippen molar-refractivity contribution in [3.63, 3.8) is 0 Å². The van der Waals surface area contributed by atoms with Crippen LogP contribution in [0.25, 0.3) is 0 Å². The van der Waals surface area contributed by atoms with Crippen LogP contribution >= 0.6 is 0 Å². The molecule has 0 spiro atoms. The van der Waals surface area contributed by atoms with Crippen molar-refractivity contribution in [3.05, 3.63) is 11.3 Å². The van der Waals surface area contributed by atoms with E-state index in [0.717, 1.165) is 44.2 Å². The molecule has 0 saturated heterocycles. The first-order valence-electron chi connectivity index (χ1n) is 6.91. The number of nitrogens with two attached hydrogens (primary N) is 1. The van der Waals surface area contributed by atoms with Crippen LogP contribution in [0, 0.1) is 35.0 Å². The number of nitrogens with zero attached hydrogens (tertiary/aromatic N) is 1. The molecule has 3 aliphatic rings. The van der Waals surface area contributed by atoms with Crippen LogP contribution in [0.3, 0.4) is 0 Å². The smallest absolute Gasteiger partial charge is 0.316 e. The Hall–Kier alpha value is -1.50. The van der Waals surface area contributed by atoms with Crippen molar-refractivity contribution in [1.82, 2.24) is 5.32 Å². The number of carbonyl (C=O) groups excluding carboxylic acids is 1. The van der Waals surface area contributed by atoms with Gasteiger partial charge in [0.05, 0.1) is 12.0 Å². The van der Waals surface area contributed by atoms with E-state index < -0.39 is 6.03 Å². The highest BCUT2D eigenvalue weighted by atomic mass is 16.2. The van der Waals surface area contributed by atoms with E-state index in [1.54, 1.807) is 0 Å². The van der Waals surface area contributed by atoms with Crippen molar-refractivity contribution in [1.29, 1.82) is 5.26 Å². The summed E-state index contributed by atoms with van der Waals surface area (Å²) in [5, 5.41) is 12.3. The molecule has 2 fully saturated rings. The first-order chi connectivity index (χ1) is 8.72. The van der Waals surface area contributed by atoms with Crippen molar-refractivity contribution in [2.75, 3.05) is 0 Å². The average molecular weight is 245 g/mol. The molecule has 3 N–H and O–H groups in total. The van der Waals surface area contributed by atoms with E-state index in [4.69, 9.17) is 5.73 Å². The molecule has 0 heterocycles. The fourth-order valence-corrected chi connectivity index (χ4v) is 4.41. The highest BCUT2D eigenvalue weighted by molar-refractivity contribution is 5.74. The first kappa shape index (κ1) is 11.6. The van der Waals surface area contributed by atoms with Crippen LogP contribution in [0.5, 0.6) is 0 Å². The monoisotopic (exact) mass is 245 g/mol. The molecule has 96 valence electrons. The predicted molar refractivity (Wildman–Crippen MR) is 67.0 cm³/mol. The molecule has 3 rings (SSSR count). The van der Waals surface area contributed by atoms with Gasteiger partial charge in [-0.2, -0.15) is 5.26 Å². The van der Waals surface area contributed by atoms with Crippen molar-refractivity contribution < 1.29 is 4.79 Å². The van der Waals surface area contributed by atoms with Crippen molar-refractivity contribution in [2.24, 2.45) is 29.4 Å². The van der Waals surface area contributed by atoms with Crippen LogP contribution in [0.1, 0.15) is 38.5 Å². The van der Waals surface area contributed by atoms with Crippen LogP contribution in [0.4, 0.5) is 4.79 Å². The molecule has 4 atom stereocenters. The van der Waals surface area contributed by atoms with Crippen LogP contribution in [-0.4, -0.2) is 6.03 Å². The molecule has 4 nitrogen and oxygen atoms in total. The van der Waals surface area contributed by atoms with Gasteiger partial charge < -0.3 is 11.1 Å². The van der Waals surface area contributed by atoms with Gasteiger partial charge >= 0.3 is 6.03 Å². The lowest BCUT2D eigenvalue weighted by molar-refractivity contribution is 0.232. The van der Waals surface area contributed by atoms with Crippen molar-refractivity contribution >= 4 is 6.03 Å². The van der Waals surface area contributed by atoms with E-state index in [0.29, 0.717) is 17.8 Å². The summed E-state index contributed by atoms with van der Waals surface area (Å²) in [4.78, 5) is 11.2. The van der Waals surface area contributed by atoms with Gasteiger partial charge in [-0.15, -0.1) is 0 Å². The number of amides is 2. The second kappa shape index (κ2) is 4.31. The zero-order valence-corrected chi connectivity index (χ0v) is 10.5. The van der Waals surface area contributed by atoms with Gasteiger partial charge in [0, 0.05) is 11.6 Å². The molecule has 0 bridgehead atoms. The number of urea groups is 1. The quantitative estimate of drug-likeness (QED) is 0.743. The van der Waals surface area contributed by atoms with E-state index in [-0.39, 0.29) is 5.92 Å². The maximum absolute atomic E-state index is 11.2. The number of carbonyl (C=O) groups is 1. The Balaban J connectivity index is 2.02. The summed E-state index contributed by atoms with van der Waals surface area (Å²) in [6.07, 6.45) is 6.65. The van der Waals surface area contributed by atoms with Gasteiger partial charge in [-0.3, -0.25) is 0 Å². The highest BCUT2D eigenvalue weighted by Crippen LogP contribution is 2.54. The molecule has 18 heavy (non-hydrogen) atoms. The van der Waals surface area contributed by atoms with Gasteiger partial charge in [0.25, 0.3) is 0 Å². The van der Waals surface area contributed by atoms with Gasteiger partial charge in [0.1, 0.15) is 0 Å². The average Bonchev–Trinajstić information content (AvgIpc) is 2.96. The fraction of sp³-hybridized carbons (Fsp3) is 0.714. The summed E-state index contributed by atoms with van der Waals surface area (Å²) >= 11 is 0. The molecule has 4 heteroatoms. The maximum Gasteiger partial charge on any atom is 0.316 e. The van der Waals surface area contributed by atoms with Crippen LogP contribution in [0.15, 0.2) is 11.3 Å².